The third-order valence-electron chi connectivity index (χ3n) is 5.77. The van der Waals surface area contributed by atoms with Gasteiger partial charge in [-0.05, 0) is 53.1 Å². The number of hydrogen-bond donors (Lipinski definition) is 2. The second-order valence-corrected chi connectivity index (χ2v) is 8.30. The van der Waals surface area contributed by atoms with Crippen LogP contribution in [0.4, 0.5) is 22.4 Å². The summed E-state index contributed by atoms with van der Waals surface area (Å²) in [6, 6.07) is 24.2. The SMILES string of the molecule is O=C(NCc1cccc(F)c1)NC(Cc1ccccc1)(c1cccc(C(F)(F)F)c1)c1ccccn1. The van der Waals surface area contributed by atoms with E-state index in [1.165, 1.54) is 30.5 Å². The molecule has 0 fully saturated rings. The number of amides is 2. The largest absolute Gasteiger partial charge is 0.416 e. The lowest BCUT2D eigenvalue weighted by Crippen LogP contribution is -2.52. The van der Waals surface area contributed by atoms with Gasteiger partial charge in [0.25, 0.3) is 0 Å². The summed E-state index contributed by atoms with van der Waals surface area (Å²) in [5.74, 6) is -0.439. The molecule has 184 valence electrons. The van der Waals surface area contributed by atoms with Gasteiger partial charge in [0.05, 0.1) is 11.3 Å². The van der Waals surface area contributed by atoms with Gasteiger partial charge in [0.15, 0.2) is 0 Å². The number of rotatable bonds is 7. The fourth-order valence-corrected chi connectivity index (χ4v) is 4.07. The lowest BCUT2D eigenvalue weighted by atomic mass is 9.80. The summed E-state index contributed by atoms with van der Waals surface area (Å²) in [7, 11) is 0. The molecule has 1 atom stereocenters. The highest BCUT2D eigenvalue weighted by Crippen LogP contribution is 2.36. The Bertz CT molecular complexity index is 1310. The summed E-state index contributed by atoms with van der Waals surface area (Å²) < 4.78 is 54.5. The van der Waals surface area contributed by atoms with Crippen molar-refractivity contribution < 1.29 is 22.4 Å². The number of benzene rings is 3. The molecule has 0 aliphatic rings. The van der Waals surface area contributed by atoms with Crippen LogP contribution in [0.2, 0.25) is 0 Å². The first-order valence-corrected chi connectivity index (χ1v) is 11.2. The van der Waals surface area contributed by atoms with Gasteiger partial charge in [-0.25, -0.2) is 9.18 Å². The minimum Gasteiger partial charge on any atom is -0.334 e. The average Bonchev–Trinajstić information content (AvgIpc) is 2.88. The van der Waals surface area contributed by atoms with Crippen molar-refractivity contribution >= 4 is 6.03 Å². The fraction of sp³-hybridized carbons (Fsp3) is 0.143. The maximum Gasteiger partial charge on any atom is 0.416 e. The molecule has 4 aromatic rings. The second kappa shape index (κ2) is 10.6. The van der Waals surface area contributed by atoms with Crippen molar-refractivity contribution in [1.82, 2.24) is 15.6 Å². The van der Waals surface area contributed by atoms with Crippen molar-refractivity contribution in [3.05, 3.63) is 137 Å². The molecular weight excluding hydrogens is 470 g/mol. The van der Waals surface area contributed by atoms with Crippen LogP contribution in [0.5, 0.6) is 0 Å². The highest BCUT2D eigenvalue weighted by molar-refractivity contribution is 5.76. The Morgan fingerprint density at radius 1 is 0.778 bits per heavy atom. The maximum atomic E-state index is 13.6. The van der Waals surface area contributed by atoms with Gasteiger partial charge in [-0.15, -0.1) is 0 Å². The van der Waals surface area contributed by atoms with Crippen LogP contribution in [-0.4, -0.2) is 11.0 Å². The normalized spacial score (nSPS) is 13.0. The van der Waals surface area contributed by atoms with Crippen LogP contribution >= 0.6 is 0 Å². The number of carbonyl (C=O) groups excluding carboxylic acids is 1. The number of carbonyl (C=O) groups is 1. The molecule has 1 heterocycles. The van der Waals surface area contributed by atoms with Crippen LogP contribution in [0.1, 0.15) is 27.9 Å². The summed E-state index contributed by atoms with van der Waals surface area (Å²) in [5, 5.41) is 5.59. The van der Waals surface area contributed by atoms with E-state index in [4.69, 9.17) is 0 Å². The average molecular weight is 494 g/mol. The van der Waals surface area contributed by atoms with Crippen LogP contribution < -0.4 is 10.6 Å². The smallest absolute Gasteiger partial charge is 0.334 e. The zero-order valence-electron chi connectivity index (χ0n) is 19.1. The number of halogens is 4. The molecule has 0 saturated heterocycles. The van der Waals surface area contributed by atoms with E-state index in [-0.39, 0.29) is 18.5 Å². The molecule has 0 aliphatic carbocycles. The number of pyridine rings is 1. The molecule has 8 heteroatoms. The van der Waals surface area contributed by atoms with E-state index in [9.17, 15) is 22.4 Å². The van der Waals surface area contributed by atoms with Crippen LogP contribution in [0.3, 0.4) is 0 Å². The predicted octanol–water partition coefficient (Wildman–Crippen LogP) is 6.23. The summed E-state index contributed by atoms with van der Waals surface area (Å²) >= 11 is 0. The molecule has 4 rings (SSSR count). The Hall–Kier alpha value is -4.20. The third kappa shape index (κ3) is 5.89. The molecule has 2 amide bonds. The van der Waals surface area contributed by atoms with Crippen LogP contribution in [0.15, 0.2) is 103 Å². The Labute approximate surface area is 206 Å². The molecule has 4 nitrogen and oxygen atoms in total. The molecule has 0 spiro atoms. The molecule has 0 radical (unpaired) electrons. The quantitative estimate of drug-likeness (QED) is 0.300. The Kier molecular flexibility index (Phi) is 7.33. The predicted molar refractivity (Wildman–Crippen MR) is 128 cm³/mol. The van der Waals surface area contributed by atoms with Gasteiger partial charge in [0.1, 0.15) is 11.4 Å². The van der Waals surface area contributed by atoms with Gasteiger partial charge in [-0.1, -0.05) is 60.7 Å². The number of hydrogen-bond acceptors (Lipinski definition) is 2. The first kappa shape index (κ1) is 24.9. The zero-order valence-corrected chi connectivity index (χ0v) is 19.1. The zero-order chi connectivity index (χ0) is 25.6. The van der Waals surface area contributed by atoms with Gasteiger partial charge >= 0.3 is 12.2 Å². The van der Waals surface area contributed by atoms with E-state index in [1.807, 2.05) is 30.3 Å². The standard InChI is InChI=1S/C28H23F4N3O/c29-24-13-6-10-21(16-24)19-34-26(36)35-27(25-14-4-5-15-33-25,18-20-8-2-1-3-9-20)22-11-7-12-23(17-22)28(30,31)32/h1-17H,18-19H2,(H2,34,35,36). The van der Waals surface area contributed by atoms with E-state index in [1.54, 1.807) is 30.3 Å². The first-order chi connectivity index (χ1) is 17.3. The molecule has 1 aromatic heterocycles. The van der Waals surface area contributed by atoms with Crippen LogP contribution in [0, 0.1) is 5.82 Å². The van der Waals surface area contributed by atoms with Crippen molar-refractivity contribution in [3.63, 3.8) is 0 Å². The lowest BCUT2D eigenvalue weighted by Gasteiger charge is -2.35. The number of alkyl halides is 3. The third-order valence-corrected chi connectivity index (χ3v) is 5.77. The summed E-state index contributed by atoms with van der Waals surface area (Å²) in [4.78, 5) is 17.6. The lowest BCUT2D eigenvalue weighted by molar-refractivity contribution is -0.137. The Morgan fingerprint density at radius 3 is 2.17 bits per heavy atom. The number of nitrogens with zero attached hydrogens (tertiary/aromatic N) is 1. The number of nitrogens with one attached hydrogen (secondary N) is 2. The maximum absolute atomic E-state index is 13.6. The summed E-state index contributed by atoms with van der Waals surface area (Å²) in [6.07, 6.45) is -2.91. The molecular formula is C28H23F4N3O. The van der Waals surface area contributed by atoms with Crippen molar-refractivity contribution in [2.24, 2.45) is 0 Å². The number of aromatic nitrogens is 1. The molecule has 0 saturated carbocycles. The minimum atomic E-state index is -4.57. The summed E-state index contributed by atoms with van der Waals surface area (Å²) in [6.45, 7) is 0.0236. The van der Waals surface area contributed by atoms with Gasteiger partial charge in [-0.3, -0.25) is 4.98 Å². The van der Waals surface area contributed by atoms with Crippen molar-refractivity contribution in [1.29, 1.82) is 0 Å². The number of urea groups is 1. The Morgan fingerprint density at radius 2 is 1.47 bits per heavy atom. The second-order valence-electron chi connectivity index (χ2n) is 8.30. The van der Waals surface area contributed by atoms with Gasteiger partial charge < -0.3 is 10.6 Å². The van der Waals surface area contributed by atoms with Gasteiger partial charge in [0, 0.05) is 19.2 Å². The molecule has 0 bridgehead atoms. The van der Waals surface area contributed by atoms with Crippen molar-refractivity contribution in [3.8, 4) is 0 Å². The molecule has 1 unspecified atom stereocenters. The monoisotopic (exact) mass is 493 g/mol. The fourth-order valence-electron chi connectivity index (χ4n) is 4.07. The van der Waals surface area contributed by atoms with Gasteiger partial charge in [0.2, 0.25) is 0 Å². The first-order valence-electron chi connectivity index (χ1n) is 11.2. The highest BCUT2D eigenvalue weighted by Gasteiger charge is 2.40. The van der Waals surface area contributed by atoms with Crippen molar-refractivity contribution in [2.75, 3.05) is 0 Å². The summed E-state index contributed by atoms with van der Waals surface area (Å²) in [5.41, 5.74) is -0.359. The van der Waals surface area contributed by atoms with E-state index in [2.05, 4.69) is 15.6 Å². The minimum absolute atomic E-state index is 0.0236. The van der Waals surface area contributed by atoms with E-state index in [0.29, 0.717) is 11.3 Å². The van der Waals surface area contributed by atoms with Gasteiger partial charge in [-0.2, -0.15) is 13.2 Å². The van der Waals surface area contributed by atoms with E-state index < -0.39 is 29.1 Å². The van der Waals surface area contributed by atoms with E-state index in [0.717, 1.165) is 17.7 Å². The Balaban J connectivity index is 1.78. The van der Waals surface area contributed by atoms with E-state index >= 15 is 0 Å². The topological polar surface area (TPSA) is 54.0 Å². The molecule has 2 N–H and O–H groups in total. The molecule has 3 aromatic carbocycles. The highest BCUT2D eigenvalue weighted by atomic mass is 19.4. The molecule has 0 aliphatic heterocycles. The van der Waals surface area contributed by atoms with Crippen molar-refractivity contribution in [2.45, 2.75) is 24.7 Å². The van der Waals surface area contributed by atoms with Crippen LogP contribution in [0.25, 0.3) is 0 Å². The molecule has 36 heavy (non-hydrogen) atoms. The van der Waals surface area contributed by atoms with Crippen LogP contribution in [-0.2, 0) is 24.7 Å².